The van der Waals surface area contributed by atoms with E-state index in [9.17, 15) is 4.79 Å². The largest absolute Gasteiger partial charge is 0.456 e. The van der Waals surface area contributed by atoms with Crippen LogP contribution in [0.15, 0.2) is 0 Å². The van der Waals surface area contributed by atoms with Crippen LogP contribution in [0.4, 0.5) is 0 Å². The number of hydrogen-bond donors (Lipinski definition) is 1. The molecule has 1 fully saturated rings. The minimum atomic E-state index is -0.633. The summed E-state index contributed by atoms with van der Waals surface area (Å²) in [5, 5.41) is 3.33. The zero-order valence-electron chi connectivity index (χ0n) is 11.1. The van der Waals surface area contributed by atoms with E-state index in [0.29, 0.717) is 0 Å². The molecule has 0 aromatic carbocycles. The van der Waals surface area contributed by atoms with Gasteiger partial charge in [0, 0.05) is 7.11 Å². The van der Waals surface area contributed by atoms with E-state index in [4.69, 9.17) is 9.47 Å². The standard InChI is InChI=1S/C12H23NO3/c1-7-8(15-6)9-11(2,3)13-12(4,5)10(14)16-9/h8-9,13H,7H2,1-6H3. The van der Waals surface area contributed by atoms with Crippen LogP contribution in [-0.4, -0.2) is 36.4 Å². The Hall–Kier alpha value is -0.610. The van der Waals surface area contributed by atoms with Crippen LogP contribution in [0.1, 0.15) is 41.0 Å². The summed E-state index contributed by atoms with van der Waals surface area (Å²) >= 11 is 0. The molecule has 0 saturated carbocycles. The Balaban J connectivity index is 2.92. The number of carbonyl (C=O) groups is 1. The summed E-state index contributed by atoms with van der Waals surface area (Å²) in [5.74, 6) is -0.215. The summed E-state index contributed by atoms with van der Waals surface area (Å²) in [7, 11) is 1.65. The first-order valence-corrected chi connectivity index (χ1v) is 5.78. The van der Waals surface area contributed by atoms with Gasteiger partial charge in [-0.3, -0.25) is 10.1 Å². The Morgan fingerprint density at radius 2 is 2.00 bits per heavy atom. The maximum atomic E-state index is 11.8. The van der Waals surface area contributed by atoms with Crippen molar-refractivity contribution < 1.29 is 14.3 Å². The van der Waals surface area contributed by atoms with Crippen LogP contribution in [0.5, 0.6) is 0 Å². The molecule has 0 aliphatic carbocycles. The fraction of sp³-hybridized carbons (Fsp3) is 0.917. The van der Waals surface area contributed by atoms with Crippen LogP contribution in [0.2, 0.25) is 0 Å². The van der Waals surface area contributed by atoms with Gasteiger partial charge in [-0.15, -0.1) is 0 Å². The lowest BCUT2D eigenvalue weighted by Gasteiger charge is -2.48. The quantitative estimate of drug-likeness (QED) is 0.745. The second kappa shape index (κ2) is 4.34. The predicted molar refractivity (Wildman–Crippen MR) is 62.3 cm³/mol. The fourth-order valence-electron chi connectivity index (χ4n) is 2.38. The third-order valence-corrected chi connectivity index (χ3v) is 3.13. The monoisotopic (exact) mass is 229 g/mol. The summed E-state index contributed by atoms with van der Waals surface area (Å²) in [6, 6.07) is 0. The lowest BCUT2D eigenvalue weighted by atomic mass is 9.85. The smallest absolute Gasteiger partial charge is 0.326 e. The number of morpholine rings is 1. The average Bonchev–Trinajstić information content (AvgIpc) is 2.14. The van der Waals surface area contributed by atoms with E-state index in [0.717, 1.165) is 6.42 Å². The highest BCUT2D eigenvalue weighted by molar-refractivity contribution is 5.81. The van der Waals surface area contributed by atoms with Gasteiger partial charge in [0.2, 0.25) is 0 Å². The van der Waals surface area contributed by atoms with Crippen LogP contribution in [0, 0.1) is 0 Å². The van der Waals surface area contributed by atoms with Crippen molar-refractivity contribution >= 4 is 5.97 Å². The average molecular weight is 229 g/mol. The molecule has 1 N–H and O–H groups in total. The number of carbonyl (C=O) groups excluding carboxylic acids is 1. The number of methoxy groups -OCH3 is 1. The maximum absolute atomic E-state index is 11.8. The van der Waals surface area contributed by atoms with Crippen molar-refractivity contribution in [1.29, 1.82) is 0 Å². The van der Waals surface area contributed by atoms with Gasteiger partial charge >= 0.3 is 5.97 Å². The van der Waals surface area contributed by atoms with Crippen LogP contribution in [-0.2, 0) is 14.3 Å². The Kier molecular flexibility index (Phi) is 3.65. The molecule has 2 unspecified atom stereocenters. The number of ether oxygens (including phenoxy) is 2. The Morgan fingerprint density at radius 3 is 2.44 bits per heavy atom. The molecule has 1 aliphatic heterocycles. The van der Waals surface area contributed by atoms with Gasteiger partial charge in [-0.2, -0.15) is 0 Å². The zero-order chi connectivity index (χ0) is 12.6. The fourth-order valence-corrected chi connectivity index (χ4v) is 2.38. The van der Waals surface area contributed by atoms with Crippen LogP contribution in [0.3, 0.4) is 0 Å². The highest BCUT2D eigenvalue weighted by Gasteiger charge is 2.49. The Bertz CT molecular complexity index is 269. The van der Waals surface area contributed by atoms with Gasteiger partial charge in [-0.1, -0.05) is 6.92 Å². The molecule has 1 heterocycles. The van der Waals surface area contributed by atoms with Crippen molar-refractivity contribution in [2.45, 2.75) is 64.3 Å². The van der Waals surface area contributed by atoms with Crippen molar-refractivity contribution in [3.05, 3.63) is 0 Å². The van der Waals surface area contributed by atoms with Gasteiger partial charge in [-0.05, 0) is 34.1 Å². The van der Waals surface area contributed by atoms with E-state index in [2.05, 4.69) is 5.32 Å². The summed E-state index contributed by atoms with van der Waals surface area (Å²) in [4.78, 5) is 11.8. The van der Waals surface area contributed by atoms with Crippen LogP contribution >= 0.6 is 0 Å². The maximum Gasteiger partial charge on any atom is 0.326 e. The van der Waals surface area contributed by atoms with Crippen LogP contribution in [0.25, 0.3) is 0 Å². The summed E-state index contributed by atoms with van der Waals surface area (Å²) in [6.45, 7) is 9.76. The van der Waals surface area contributed by atoms with E-state index in [1.165, 1.54) is 0 Å². The second-order valence-corrected chi connectivity index (χ2v) is 5.48. The Labute approximate surface area is 97.7 Å². The van der Waals surface area contributed by atoms with Crippen LogP contribution < -0.4 is 5.32 Å². The van der Waals surface area contributed by atoms with Crippen molar-refractivity contribution in [1.82, 2.24) is 5.32 Å². The van der Waals surface area contributed by atoms with Gasteiger partial charge in [-0.25, -0.2) is 0 Å². The van der Waals surface area contributed by atoms with E-state index in [1.807, 2.05) is 34.6 Å². The van der Waals surface area contributed by atoms with Gasteiger partial charge in [0.25, 0.3) is 0 Å². The van der Waals surface area contributed by atoms with Crippen molar-refractivity contribution in [2.75, 3.05) is 7.11 Å². The number of cyclic esters (lactones) is 1. The number of hydrogen-bond acceptors (Lipinski definition) is 4. The molecule has 0 spiro atoms. The molecule has 4 nitrogen and oxygen atoms in total. The van der Waals surface area contributed by atoms with Gasteiger partial charge in [0.1, 0.15) is 11.6 Å². The summed E-state index contributed by atoms with van der Waals surface area (Å²) < 4.78 is 10.9. The third-order valence-electron chi connectivity index (χ3n) is 3.13. The summed E-state index contributed by atoms with van der Waals surface area (Å²) in [6.07, 6.45) is 0.505. The topological polar surface area (TPSA) is 47.6 Å². The lowest BCUT2D eigenvalue weighted by molar-refractivity contribution is -0.184. The summed E-state index contributed by atoms with van der Waals surface area (Å²) in [5.41, 5.74) is -0.917. The molecule has 16 heavy (non-hydrogen) atoms. The highest BCUT2D eigenvalue weighted by atomic mass is 16.6. The zero-order valence-corrected chi connectivity index (χ0v) is 11.1. The van der Waals surface area contributed by atoms with Crippen molar-refractivity contribution in [2.24, 2.45) is 0 Å². The molecule has 0 radical (unpaired) electrons. The lowest BCUT2D eigenvalue weighted by Crippen LogP contribution is -2.70. The number of rotatable bonds is 3. The first-order valence-electron chi connectivity index (χ1n) is 5.78. The van der Waals surface area contributed by atoms with Gasteiger partial charge in [0.15, 0.2) is 0 Å². The van der Waals surface area contributed by atoms with Crippen molar-refractivity contribution in [3.8, 4) is 0 Å². The van der Waals surface area contributed by atoms with E-state index < -0.39 is 5.54 Å². The van der Waals surface area contributed by atoms with Gasteiger partial charge < -0.3 is 9.47 Å². The third kappa shape index (κ3) is 2.38. The SMILES string of the molecule is CCC(OC)C1OC(=O)C(C)(C)NC1(C)C. The minimum absolute atomic E-state index is 0.0671. The van der Waals surface area contributed by atoms with E-state index in [-0.39, 0.29) is 23.7 Å². The molecule has 0 amide bonds. The molecule has 0 aromatic heterocycles. The molecule has 1 aliphatic rings. The number of nitrogens with one attached hydrogen (secondary N) is 1. The molecule has 2 atom stereocenters. The number of esters is 1. The van der Waals surface area contributed by atoms with Gasteiger partial charge in [0.05, 0.1) is 11.6 Å². The normalized spacial score (nSPS) is 29.6. The van der Waals surface area contributed by atoms with E-state index in [1.54, 1.807) is 7.11 Å². The molecule has 94 valence electrons. The Morgan fingerprint density at radius 1 is 1.44 bits per heavy atom. The van der Waals surface area contributed by atoms with E-state index >= 15 is 0 Å². The highest BCUT2D eigenvalue weighted by Crippen LogP contribution is 2.29. The molecular weight excluding hydrogens is 206 g/mol. The first-order chi connectivity index (χ1) is 7.24. The van der Waals surface area contributed by atoms with Crippen molar-refractivity contribution in [3.63, 3.8) is 0 Å². The molecule has 1 saturated heterocycles. The molecule has 4 heteroatoms. The second-order valence-electron chi connectivity index (χ2n) is 5.48. The molecule has 1 rings (SSSR count). The molecule has 0 aromatic rings. The first kappa shape index (κ1) is 13.5. The molecule has 0 bridgehead atoms. The predicted octanol–water partition coefficient (Wildman–Crippen LogP) is 1.48. The molecular formula is C12H23NO3. The minimum Gasteiger partial charge on any atom is -0.456 e.